The van der Waals surface area contributed by atoms with Crippen LogP contribution in [0.3, 0.4) is 0 Å². The van der Waals surface area contributed by atoms with Crippen molar-refractivity contribution in [2.45, 2.75) is 39.0 Å². The molecular formula is C19H25N5O3S. The van der Waals surface area contributed by atoms with Crippen LogP contribution in [0.25, 0.3) is 0 Å². The molecule has 2 aliphatic heterocycles. The molecule has 2 atom stereocenters. The quantitative estimate of drug-likeness (QED) is 0.735. The lowest BCUT2D eigenvalue weighted by molar-refractivity contribution is -0.138. The third-order valence-corrected chi connectivity index (χ3v) is 7.31. The molecule has 0 radical (unpaired) electrons. The number of nitrogens with zero attached hydrogens (tertiary/aromatic N) is 5. The Kier molecular flexibility index (Phi) is 4.96. The van der Waals surface area contributed by atoms with E-state index in [9.17, 15) is 13.2 Å². The van der Waals surface area contributed by atoms with Crippen molar-refractivity contribution in [2.75, 3.05) is 24.6 Å². The predicted molar refractivity (Wildman–Crippen MR) is 104 cm³/mol. The summed E-state index contributed by atoms with van der Waals surface area (Å²) >= 11 is 0. The lowest BCUT2D eigenvalue weighted by Gasteiger charge is -2.44. The smallest absolute Gasteiger partial charge is 0.244 e. The Morgan fingerprint density at radius 2 is 2.00 bits per heavy atom. The number of pyridine rings is 1. The Morgan fingerprint density at radius 1 is 1.21 bits per heavy atom. The molecule has 2 aliphatic rings. The molecule has 28 heavy (non-hydrogen) atoms. The van der Waals surface area contributed by atoms with E-state index in [4.69, 9.17) is 0 Å². The summed E-state index contributed by atoms with van der Waals surface area (Å²) in [6, 6.07) is 5.32. The molecule has 4 heterocycles. The van der Waals surface area contributed by atoms with Gasteiger partial charge in [0.2, 0.25) is 5.91 Å². The average Bonchev–Trinajstić information content (AvgIpc) is 3.13. The van der Waals surface area contributed by atoms with E-state index in [0.29, 0.717) is 19.6 Å². The Bertz CT molecular complexity index is 973. The molecule has 8 nitrogen and oxygen atoms in total. The van der Waals surface area contributed by atoms with Crippen LogP contribution >= 0.6 is 0 Å². The van der Waals surface area contributed by atoms with E-state index in [1.54, 1.807) is 22.0 Å². The molecule has 2 fully saturated rings. The molecule has 0 aromatic carbocycles. The first kappa shape index (κ1) is 19.1. The van der Waals surface area contributed by atoms with E-state index in [-0.39, 0.29) is 36.0 Å². The number of carbonyl (C=O) groups is 1. The number of aromatic nitrogens is 3. The van der Waals surface area contributed by atoms with Crippen LogP contribution in [0.15, 0.2) is 30.6 Å². The standard InChI is InChI=1S/C19H25N5O3S/c1-14-8-15(2)24(21-14)11-19(25)23-7-6-22(10-16-4-3-5-20-9-16)17-12-28(26,27)13-18(17)23/h3-5,8-9,17-18H,6-7,10-13H2,1-2H3. The Hall–Kier alpha value is -2.26. The number of carbonyl (C=O) groups excluding carboxylic acids is 1. The summed E-state index contributed by atoms with van der Waals surface area (Å²) in [7, 11) is -3.17. The van der Waals surface area contributed by atoms with Crippen molar-refractivity contribution in [1.82, 2.24) is 24.6 Å². The Labute approximate surface area is 165 Å². The molecule has 0 saturated carbocycles. The van der Waals surface area contributed by atoms with Crippen LogP contribution in [-0.4, -0.2) is 75.6 Å². The predicted octanol–water partition coefficient (Wildman–Crippen LogP) is 0.405. The average molecular weight is 404 g/mol. The van der Waals surface area contributed by atoms with Gasteiger partial charge >= 0.3 is 0 Å². The van der Waals surface area contributed by atoms with Gasteiger partial charge in [0.1, 0.15) is 6.54 Å². The fourth-order valence-corrected chi connectivity index (χ4v) is 6.32. The van der Waals surface area contributed by atoms with E-state index < -0.39 is 9.84 Å². The number of piperazine rings is 1. The number of hydrogen-bond acceptors (Lipinski definition) is 6. The van der Waals surface area contributed by atoms with Crippen LogP contribution in [0, 0.1) is 13.8 Å². The molecule has 2 saturated heterocycles. The van der Waals surface area contributed by atoms with Gasteiger partial charge in [0.25, 0.3) is 0 Å². The topological polar surface area (TPSA) is 88.4 Å². The first-order chi connectivity index (χ1) is 13.3. The second-order valence-corrected chi connectivity index (χ2v) is 9.87. The lowest BCUT2D eigenvalue weighted by atomic mass is 10.0. The van der Waals surface area contributed by atoms with Crippen molar-refractivity contribution in [1.29, 1.82) is 0 Å². The zero-order valence-electron chi connectivity index (χ0n) is 16.2. The molecule has 0 spiro atoms. The van der Waals surface area contributed by atoms with Crippen LogP contribution in [0.4, 0.5) is 0 Å². The molecule has 0 bridgehead atoms. The molecule has 4 rings (SSSR count). The summed E-state index contributed by atoms with van der Waals surface area (Å²) in [5, 5.41) is 4.36. The minimum Gasteiger partial charge on any atom is -0.334 e. The molecule has 1 amide bonds. The van der Waals surface area contributed by atoms with Gasteiger partial charge < -0.3 is 4.90 Å². The van der Waals surface area contributed by atoms with Crippen LogP contribution in [0.2, 0.25) is 0 Å². The van der Waals surface area contributed by atoms with E-state index in [2.05, 4.69) is 15.0 Å². The maximum atomic E-state index is 13.0. The van der Waals surface area contributed by atoms with Gasteiger partial charge in [-0.2, -0.15) is 5.10 Å². The summed E-state index contributed by atoms with van der Waals surface area (Å²) in [6.07, 6.45) is 3.53. The van der Waals surface area contributed by atoms with Gasteiger partial charge in [0.15, 0.2) is 9.84 Å². The summed E-state index contributed by atoms with van der Waals surface area (Å²) in [5.74, 6) is 0.0606. The SMILES string of the molecule is Cc1cc(C)n(CC(=O)N2CCN(Cc3cccnc3)C3CS(=O)(=O)CC32)n1. The molecular weight excluding hydrogens is 378 g/mol. The molecule has 0 N–H and O–H groups in total. The van der Waals surface area contributed by atoms with E-state index in [1.165, 1.54) is 0 Å². The fourth-order valence-electron chi connectivity index (χ4n) is 4.31. The molecule has 9 heteroatoms. The van der Waals surface area contributed by atoms with Gasteiger partial charge in [-0.1, -0.05) is 6.07 Å². The highest BCUT2D eigenvalue weighted by atomic mass is 32.2. The van der Waals surface area contributed by atoms with E-state index in [0.717, 1.165) is 17.0 Å². The van der Waals surface area contributed by atoms with Crippen molar-refractivity contribution < 1.29 is 13.2 Å². The van der Waals surface area contributed by atoms with Crippen molar-refractivity contribution >= 4 is 15.7 Å². The number of amides is 1. The van der Waals surface area contributed by atoms with Gasteiger partial charge in [-0.25, -0.2) is 8.42 Å². The summed E-state index contributed by atoms with van der Waals surface area (Å²) < 4.78 is 26.5. The van der Waals surface area contributed by atoms with Gasteiger partial charge in [0.05, 0.1) is 23.2 Å². The minimum absolute atomic E-state index is 0.0318. The van der Waals surface area contributed by atoms with E-state index in [1.807, 2.05) is 32.0 Å². The van der Waals surface area contributed by atoms with Gasteiger partial charge in [0, 0.05) is 43.8 Å². The highest BCUT2D eigenvalue weighted by Crippen LogP contribution is 2.28. The Balaban J connectivity index is 1.53. The lowest BCUT2D eigenvalue weighted by Crippen LogP contribution is -2.60. The van der Waals surface area contributed by atoms with Crippen molar-refractivity contribution in [3.05, 3.63) is 47.5 Å². The molecule has 2 aromatic rings. The number of aryl methyl sites for hydroxylation is 2. The molecule has 150 valence electrons. The first-order valence-corrected chi connectivity index (χ1v) is 11.3. The number of hydrogen-bond donors (Lipinski definition) is 0. The molecule has 2 unspecified atom stereocenters. The largest absolute Gasteiger partial charge is 0.334 e. The highest BCUT2D eigenvalue weighted by Gasteiger charge is 2.47. The zero-order valence-corrected chi connectivity index (χ0v) is 17.0. The Morgan fingerprint density at radius 3 is 2.68 bits per heavy atom. The van der Waals surface area contributed by atoms with Gasteiger partial charge in [-0.15, -0.1) is 0 Å². The second kappa shape index (κ2) is 7.29. The highest BCUT2D eigenvalue weighted by molar-refractivity contribution is 7.91. The summed E-state index contributed by atoms with van der Waals surface area (Å²) in [6.45, 7) is 5.77. The van der Waals surface area contributed by atoms with Crippen LogP contribution < -0.4 is 0 Å². The van der Waals surface area contributed by atoms with Crippen molar-refractivity contribution in [3.8, 4) is 0 Å². The molecule has 0 aliphatic carbocycles. The number of sulfone groups is 1. The number of rotatable bonds is 4. The van der Waals surface area contributed by atoms with Crippen LogP contribution in [0.1, 0.15) is 17.0 Å². The minimum atomic E-state index is -3.17. The number of fused-ring (bicyclic) bond motifs is 1. The second-order valence-electron chi connectivity index (χ2n) is 7.72. The van der Waals surface area contributed by atoms with Gasteiger partial charge in [-0.05, 0) is 31.5 Å². The maximum absolute atomic E-state index is 13.0. The maximum Gasteiger partial charge on any atom is 0.244 e. The molecule has 2 aromatic heterocycles. The monoisotopic (exact) mass is 403 g/mol. The first-order valence-electron chi connectivity index (χ1n) is 9.46. The fraction of sp³-hybridized carbons (Fsp3) is 0.526. The van der Waals surface area contributed by atoms with Gasteiger partial charge in [-0.3, -0.25) is 19.4 Å². The third-order valence-electron chi connectivity index (χ3n) is 5.61. The van der Waals surface area contributed by atoms with Crippen LogP contribution in [0.5, 0.6) is 0 Å². The van der Waals surface area contributed by atoms with Crippen LogP contribution in [-0.2, 0) is 27.7 Å². The normalized spacial score (nSPS) is 24.3. The zero-order chi connectivity index (χ0) is 19.9. The summed E-state index contributed by atoms with van der Waals surface area (Å²) in [4.78, 5) is 21.1. The third kappa shape index (κ3) is 3.81. The van der Waals surface area contributed by atoms with Crippen molar-refractivity contribution in [2.24, 2.45) is 0 Å². The van der Waals surface area contributed by atoms with Crippen molar-refractivity contribution in [3.63, 3.8) is 0 Å². The summed E-state index contributed by atoms with van der Waals surface area (Å²) in [5.41, 5.74) is 2.84. The van der Waals surface area contributed by atoms with E-state index >= 15 is 0 Å².